The van der Waals surface area contributed by atoms with Crippen molar-refractivity contribution in [3.05, 3.63) is 59.9 Å². The second kappa shape index (κ2) is 8.87. The summed E-state index contributed by atoms with van der Waals surface area (Å²) in [6.07, 6.45) is 0.943. The van der Waals surface area contributed by atoms with Crippen molar-refractivity contribution in [1.82, 2.24) is 4.90 Å². The van der Waals surface area contributed by atoms with Crippen molar-refractivity contribution >= 4 is 23.2 Å². The predicted octanol–water partition coefficient (Wildman–Crippen LogP) is 3.63. The van der Waals surface area contributed by atoms with Gasteiger partial charge >= 0.3 is 11.8 Å². The topological polar surface area (TPSA) is 52.7 Å². The van der Waals surface area contributed by atoms with Crippen LogP contribution in [0.2, 0.25) is 0 Å². The number of hydrogen-bond acceptors (Lipinski definition) is 3. The highest BCUT2D eigenvalue weighted by Crippen LogP contribution is 2.26. The van der Waals surface area contributed by atoms with Crippen molar-refractivity contribution in [2.24, 2.45) is 0 Å². The Bertz CT molecular complexity index is 847. The van der Waals surface area contributed by atoms with Gasteiger partial charge in [0.25, 0.3) is 0 Å². The number of benzene rings is 2. The van der Waals surface area contributed by atoms with Crippen LogP contribution in [0.3, 0.4) is 0 Å². The summed E-state index contributed by atoms with van der Waals surface area (Å²) in [5, 5.41) is 2.77. The Morgan fingerprint density at radius 3 is 2.36 bits per heavy atom. The van der Waals surface area contributed by atoms with Crippen molar-refractivity contribution in [2.75, 3.05) is 36.4 Å². The van der Waals surface area contributed by atoms with E-state index in [0.29, 0.717) is 37.6 Å². The van der Waals surface area contributed by atoms with Crippen molar-refractivity contribution in [3.63, 3.8) is 0 Å². The minimum absolute atomic E-state index is 0.276. The molecule has 0 aliphatic carbocycles. The van der Waals surface area contributed by atoms with Crippen LogP contribution in [0.5, 0.6) is 0 Å². The number of halogens is 1. The van der Waals surface area contributed by atoms with Gasteiger partial charge in [0.05, 0.1) is 5.69 Å². The van der Waals surface area contributed by atoms with E-state index in [-0.39, 0.29) is 11.7 Å². The number of anilines is 2. The average Bonchev–Trinajstić information content (AvgIpc) is 2.73. The average molecular weight is 383 g/mol. The summed E-state index contributed by atoms with van der Waals surface area (Å²) in [6.45, 7) is 5.92. The molecule has 0 aromatic heterocycles. The SMILES string of the molecule is CCC(C)c1ccccc1NC(=O)C(=O)N1CCN(c2ccccc2F)CC1. The van der Waals surface area contributed by atoms with E-state index < -0.39 is 11.8 Å². The molecule has 2 aromatic carbocycles. The highest BCUT2D eigenvalue weighted by molar-refractivity contribution is 6.39. The zero-order valence-electron chi connectivity index (χ0n) is 16.3. The number of carbonyl (C=O) groups is 2. The van der Waals surface area contributed by atoms with Crippen LogP contribution in [-0.4, -0.2) is 42.9 Å². The molecule has 6 heteroatoms. The fourth-order valence-electron chi connectivity index (χ4n) is 3.44. The first-order valence-electron chi connectivity index (χ1n) is 9.70. The van der Waals surface area contributed by atoms with Gasteiger partial charge in [-0.3, -0.25) is 9.59 Å². The Balaban J connectivity index is 1.61. The zero-order valence-corrected chi connectivity index (χ0v) is 16.3. The molecular weight excluding hydrogens is 357 g/mol. The van der Waals surface area contributed by atoms with E-state index in [2.05, 4.69) is 19.2 Å². The molecule has 3 rings (SSSR count). The highest BCUT2D eigenvalue weighted by Gasteiger charge is 2.27. The molecule has 28 heavy (non-hydrogen) atoms. The van der Waals surface area contributed by atoms with Crippen LogP contribution in [-0.2, 0) is 9.59 Å². The second-order valence-electron chi connectivity index (χ2n) is 7.08. The molecule has 148 valence electrons. The molecule has 0 saturated carbocycles. The lowest BCUT2D eigenvalue weighted by Gasteiger charge is -2.35. The Morgan fingerprint density at radius 1 is 1.04 bits per heavy atom. The van der Waals surface area contributed by atoms with E-state index in [1.54, 1.807) is 18.2 Å². The Labute approximate surface area is 165 Å². The third-order valence-corrected chi connectivity index (χ3v) is 5.31. The maximum atomic E-state index is 13.9. The molecule has 1 aliphatic rings. The van der Waals surface area contributed by atoms with Crippen LogP contribution in [0.25, 0.3) is 0 Å². The van der Waals surface area contributed by atoms with Crippen LogP contribution in [0.15, 0.2) is 48.5 Å². The number of amides is 2. The van der Waals surface area contributed by atoms with Gasteiger partial charge in [0.15, 0.2) is 0 Å². The summed E-state index contributed by atoms with van der Waals surface area (Å²) < 4.78 is 13.9. The molecule has 0 spiro atoms. The number of rotatable bonds is 4. The molecule has 1 saturated heterocycles. The molecule has 1 N–H and O–H groups in total. The lowest BCUT2D eigenvalue weighted by Crippen LogP contribution is -2.51. The quantitative estimate of drug-likeness (QED) is 0.821. The Morgan fingerprint density at radius 2 is 1.68 bits per heavy atom. The van der Waals surface area contributed by atoms with Gasteiger partial charge in [-0.05, 0) is 36.1 Å². The molecule has 0 bridgehead atoms. The van der Waals surface area contributed by atoms with Gasteiger partial charge < -0.3 is 15.1 Å². The van der Waals surface area contributed by atoms with Crippen molar-refractivity contribution in [2.45, 2.75) is 26.2 Å². The Hall–Kier alpha value is -2.89. The molecule has 5 nitrogen and oxygen atoms in total. The third kappa shape index (κ3) is 4.32. The molecule has 1 aliphatic heterocycles. The van der Waals surface area contributed by atoms with Crippen LogP contribution < -0.4 is 10.2 Å². The van der Waals surface area contributed by atoms with Crippen LogP contribution in [0.1, 0.15) is 31.7 Å². The van der Waals surface area contributed by atoms with E-state index in [0.717, 1.165) is 12.0 Å². The Kier molecular flexibility index (Phi) is 6.29. The zero-order chi connectivity index (χ0) is 20.1. The fraction of sp³-hybridized carbons (Fsp3) is 0.364. The van der Waals surface area contributed by atoms with Crippen LogP contribution in [0, 0.1) is 5.82 Å². The molecule has 2 amide bonds. The summed E-state index contributed by atoms with van der Waals surface area (Å²) in [5.74, 6) is -1.17. The van der Waals surface area contributed by atoms with Crippen molar-refractivity contribution in [1.29, 1.82) is 0 Å². The first-order chi connectivity index (χ1) is 13.5. The lowest BCUT2D eigenvalue weighted by molar-refractivity contribution is -0.143. The predicted molar refractivity (Wildman–Crippen MR) is 109 cm³/mol. The summed E-state index contributed by atoms with van der Waals surface area (Å²) in [6, 6.07) is 14.2. The van der Waals surface area contributed by atoms with Gasteiger partial charge in [0.2, 0.25) is 0 Å². The molecule has 1 unspecified atom stereocenters. The number of nitrogens with one attached hydrogen (secondary N) is 1. The fourth-order valence-corrected chi connectivity index (χ4v) is 3.44. The number of nitrogens with zero attached hydrogens (tertiary/aromatic N) is 2. The van der Waals surface area contributed by atoms with Gasteiger partial charge in [-0.25, -0.2) is 4.39 Å². The molecular formula is C22H26FN3O2. The normalized spacial score (nSPS) is 15.2. The molecule has 0 radical (unpaired) electrons. The standard InChI is InChI=1S/C22H26FN3O2/c1-3-16(2)17-8-4-6-10-19(17)24-21(27)22(28)26-14-12-25(13-15-26)20-11-7-5-9-18(20)23/h4-11,16H,3,12-15H2,1-2H3,(H,24,27). The number of piperazine rings is 1. The molecule has 1 fully saturated rings. The first-order valence-corrected chi connectivity index (χ1v) is 9.70. The van der Waals surface area contributed by atoms with Crippen molar-refractivity contribution in [3.8, 4) is 0 Å². The van der Waals surface area contributed by atoms with Gasteiger partial charge in [-0.2, -0.15) is 0 Å². The summed E-state index contributed by atoms with van der Waals surface area (Å²) in [7, 11) is 0. The lowest BCUT2D eigenvalue weighted by atomic mass is 9.97. The monoisotopic (exact) mass is 383 g/mol. The van der Waals surface area contributed by atoms with E-state index in [1.165, 1.54) is 11.0 Å². The number of carbonyl (C=O) groups excluding carboxylic acids is 2. The van der Waals surface area contributed by atoms with Crippen molar-refractivity contribution < 1.29 is 14.0 Å². The molecule has 2 aromatic rings. The minimum atomic E-state index is -0.630. The maximum Gasteiger partial charge on any atom is 0.313 e. The second-order valence-corrected chi connectivity index (χ2v) is 7.08. The van der Waals surface area contributed by atoms with Gasteiger partial charge in [-0.15, -0.1) is 0 Å². The maximum absolute atomic E-state index is 13.9. The third-order valence-electron chi connectivity index (χ3n) is 5.31. The van der Waals surface area contributed by atoms with Gasteiger partial charge in [-0.1, -0.05) is 44.2 Å². The highest BCUT2D eigenvalue weighted by atomic mass is 19.1. The smallest absolute Gasteiger partial charge is 0.313 e. The number of para-hydroxylation sites is 2. The van der Waals surface area contributed by atoms with Crippen LogP contribution >= 0.6 is 0 Å². The van der Waals surface area contributed by atoms with Crippen LogP contribution in [0.4, 0.5) is 15.8 Å². The molecule has 1 atom stereocenters. The summed E-state index contributed by atoms with van der Waals surface area (Å²) >= 11 is 0. The minimum Gasteiger partial charge on any atom is -0.366 e. The van der Waals surface area contributed by atoms with E-state index in [4.69, 9.17) is 0 Å². The van der Waals surface area contributed by atoms with Gasteiger partial charge in [0.1, 0.15) is 5.82 Å². The molecule has 1 heterocycles. The summed E-state index contributed by atoms with van der Waals surface area (Å²) in [5.41, 5.74) is 2.23. The van der Waals surface area contributed by atoms with Gasteiger partial charge in [0, 0.05) is 31.9 Å². The summed E-state index contributed by atoms with van der Waals surface area (Å²) in [4.78, 5) is 28.5. The van der Waals surface area contributed by atoms with E-state index in [1.807, 2.05) is 29.2 Å². The van der Waals surface area contributed by atoms with E-state index >= 15 is 0 Å². The first kappa shape index (κ1) is 19.9. The largest absolute Gasteiger partial charge is 0.366 e. The van der Waals surface area contributed by atoms with E-state index in [9.17, 15) is 14.0 Å². The number of hydrogen-bond donors (Lipinski definition) is 1.